The first-order valence-electron chi connectivity index (χ1n) is 5.68. The van der Waals surface area contributed by atoms with Gasteiger partial charge in [0.1, 0.15) is 0 Å². The van der Waals surface area contributed by atoms with Gasteiger partial charge in [0.15, 0.2) is 0 Å². The first-order chi connectivity index (χ1) is 6.75. The first-order valence-corrected chi connectivity index (χ1v) is 5.68. The Bertz CT molecular complexity index is 280. The maximum atomic E-state index is 4.49. The second kappa shape index (κ2) is 5.14. The van der Waals surface area contributed by atoms with Gasteiger partial charge in [-0.05, 0) is 43.7 Å². The Morgan fingerprint density at radius 2 is 2.00 bits per heavy atom. The maximum Gasteiger partial charge on any atom is 0.0409 e. The van der Waals surface area contributed by atoms with Crippen LogP contribution in [0.2, 0.25) is 0 Å². The average molecular weight is 191 g/mol. The van der Waals surface area contributed by atoms with Crippen molar-refractivity contribution in [3.8, 4) is 0 Å². The Kier molecular flexibility index (Phi) is 4.12. The van der Waals surface area contributed by atoms with Gasteiger partial charge in [-0.3, -0.25) is 4.98 Å². The molecule has 0 aromatic carbocycles. The molecule has 1 aromatic heterocycles. The van der Waals surface area contributed by atoms with Crippen LogP contribution in [0.15, 0.2) is 18.2 Å². The third-order valence-corrected chi connectivity index (χ3v) is 2.69. The second-order valence-electron chi connectivity index (χ2n) is 3.95. The van der Waals surface area contributed by atoms with Gasteiger partial charge in [-0.25, -0.2) is 0 Å². The van der Waals surface area contributed by atoms with E-state index in [2.05, 4.69) is 37.0 Å². The van der Waals surface area contributed by atoms with Crippen molar-refractivity contribution >= 4 is 0 Å². The predicted octanol–water partition coefficient (Wildman–Crippen LogP) is 3.61. The van der Waals surface area contributed by atoms with Crippen molar-refractivity contribution in [1.29, 1.82) is 0 Å². The lowest BCUT2D eigenvalue weighted by molar-refractivity contribution is 0.728. The Labute approximate surface area is 87.6 Å². The van der Waals surface area contributed by atoms with Gasteiger partial charge in [0.25, 0.3) is 0 Å². The van der Waals surface area contributed by atoms with E-state index in [9.17, 15) is 0 Å². The zero-order chi connectivity index (χ0) is 10.6. The van der Waals surface area contributed by atoms with E-state index in [1.807, 2.05) is 13.8 Å². The van der Waals surface area contributed by atoms with Crippen LogP contribution in [0.25, 0.3) is 0 Å². The molecule has 1 aliphatic rings. The highest BCUT2D eigenvalue weighted by Crippen LogP contribution is 2.39. The lowest BCUT2D eigenvalue weighted by Gasteiger charge is -1.99. The molecule has 0 spiro atoms. The van der Waals surface area contributed by atoms with Gasteiger partial charge >= 0.3 is 0 Å². The monoisotopic (exact) mass is 191 g/mol. The minimum atomic E-state index is 0.916. The van der Waals surface area contributed by atoms with Gasteiger partial charge in [0.2, 0.25) is 0 Å². The lowest BCUT2D eigenvalue weighted by Crippen LogP contribution is -1.93. The standard InChI is InChI=1S/C11H15N.C2H6/c1-8-6-10(8)7-11-5-3-4-9(2)12-11;1-2/h3-5,8,10H,6-7H2,1-2H3;1-2H3. The number of pyridine rings is 1. The highest BCUT2D eigenvalue weighted by Gasteiger charge is 2.32. The van der Waals surface area contributed by atoms with Crippen molar-refractivity contribution < 1.29 is 0 Å². The van der Waals surface area contributed by atoms with Crippen molar-refractivity contribution in [1.82, 2.24) is 4.98 Å². The zero-order valence-electron chi connectivity index (χ0n) is 9.75. The number of nitrogens with zero attached hydrogens (tertiary/aromatic N) is 1. The van der Waals surface area contributed by atoms with Gasteiger partial charge in [-0.15, -0.1) is 0 Å². The molecular weight excluding hydrogens is 170 g/mol. The smallest absolute Gasteiger partial charge is 0.0409 e. The summed E-state index contributed by atoms with van der Waals surface area (Å²) in [5, 5.41) is 0. The van der Waals surface area contributed by atoms with Crippen molar-refractivity contribution in [2.75, 3.05) is 0 Å². The largest absolute Gasteiger partial charge is 0.258 e. The summed E-state index contributed by atoms with van der Waals surface area (Å²) < 4.78 is 0. The minimum absolute atomic E-state index is 0.916. The van der Waals surface area contributed by atoms with Crippen LogP contribution in [0.4, 0.5) is 0 Å². The number of hydrogen-bond donors (Lipinski definition) is 0. The topological polar surface area (TPSA) is 12.9 Å². The quantitative estimate of drug-likeness (QED) is 0.696. The average Bonchev–Trinajstić information content (AvgIpc) is 2.85. The number of aromatic nitrogens is 1. The molecule has 0 saturated heterocycles. The molecule has 2 rings (SSSR count). The van der Waals surface area contributed by atoms with Gasteiger partial charge in [0, 0.05) is 11.4 Å². The molecule has 14 heavy (non-hydrogen) atoms. The van der Waals surface area contributed by atoms with E-state index in [1.54, 1.807) is 0 Å². The summed E-state index contributed by atoms with van der Waals surface area (Å²) >= 11 is 0. The van der Waals surface area contributed by atoms with Crippen LogP contribution in [0.3, 0.4) is 0 Å². The normalized spacial score (nSPS) is 23.7. The summed E-state index contributed by atoms with van der Waals surface area (Å²) in [7, 11) is 0. The molecule has 0 aliphatic heterocycles. The number of hydrogen-bond acceptors (Lipinski definition) is 1. The molecule has 0 bridgehead atoms. The first kappa shape index (κ1) is 11.2. The van der Waals surface area contributed by atoms with Crippen LogP contribution in [0.1, 0.15) is 38.6 Å². The molecule has 1 heterocycles. The van der Waals surface area contributed by atoms with E-state index in [4.69, 9.17) is 0 Å². The summed E-state index contributed by atoms with van der Waals surface area (Å²) in [6.45, 7) is 8.38. The molecular formula is C13H21N. The maximum absolute atomic E-state index is 4.49. The van der Waals surface area contributed by atoms with E-state index < -0.39 is 0 Å². The third kappa shape index (κ3) is 3.13. The van der Waals surface area contributed by atoms with E-state index in [-0.39, 0.29) is 0 Å². The van der Waals surface area contributed by atoms with Crippen LogP contribution in [-0.2, 0) is 6.42 Å². The molecule has 1 fully saturated rings. The van der Waals surface area contributed by atoms with Gasteiger partial charge < -0.3 is 0 Å². The predicted molar refractivity (Wildman–Crippen MR) is 61.3 cm³/mol. The van der Waals surface area contributed by atoms with E-state index in [0.717, 1.165) is 17.5 Å². The van der Waals surface area contributed by atoms with E-state index in [1.165, 1.54) is 18.5 Å². The number of rotatable bonds is 2. The molecule has 0 radical (unpaired) electrons. The summed E-state index contributed by atoms with van der Waals surface area (Å²) in [6, 6.07) is 6.29. The zero-order valence-corrected chi connectivity index (χ0v) is 9.75. The Morgan fingerprint density at radius 3 is 2.50 bits per heavy atom. The van der Waals surface area contributed by atoms with Crippen molar-refractivity contribution in [2.24, 2.45) is 11.8 Å². The van der Waals surface area contributed by atoms with Gasteiger partial charge in [0.05, 0.1) is 0 Å². The van der Waals surface area contributed by atoms with Crippen LogP contribution >= 0.6 is 0 Å². The molecule has 1 saturated carbocycles. The molecule has 1 nitrogen and oxygen atoms in total. The second-order valence-corrected chi connectivity index (χ2v) is 3.95. The summed E-state index contributed by atoms with van der Waals surface area (Å²) in [5.74, 6) is 1.85. The molecule has 1 aliphatic carbocycles. The fourth-order valence-electron chi connectivity index (χ4n) is 1.67. The molecule has 1 heteroatoms. The van der Waals surface area contributed by atoms with Crippen molar-refractivity contribution in [2.45, 2.75) is 40.5 Å². The molecule has 1 aromatic rings. The Balaban J connectivity index is 0.000000461. The summed E-state index contributed by atoms with van der Waals surface area (Å²) in [6.07, 6.45) is 2.58. The van der Waals surface area contributed by atoms with Crippen molar-refractivity contribution in [3.63, 3.8) is 0 Å². The highest BCUT2D eigenvalue weighted by atomic mass is 14.7. The van der Waals surface area contributed by atoms with Crippen LogP contribution in [0.5, 0.6) is 0 Å². The Morgan fingerprint density at radius 1 is 1.36 bits per heavy atom. The molecule has 0 amide bonds. The van der Waals surface area contributed by atoms with Gasteiger partial charge in [-0.2, -0.15) is 0 Å². The Hall–Kier alpha value is -0.850. The SMILES string of the molecule is CC.Cc1cccc(CC2CC2C)n1. The molecule has 2 unspecified atom stereocenters. The molecule has 2 atom stereocenters. The fraction of sp³-hybridized carbons (Fsp3) is 0.615. The highest BCUT2D eigenvalue weighted by molar-refractivity contribution is 5.11. The minimum Gasteiger partial charge on any atom is -0.258 e. The van der Waals surface area contributed by atoms with Gasteiger partial charge in [-0.1, -0.05) is 26.8 Å². The van der Waals surface area contributed by atoms with E-state index in [0.29, 0.717) is 0 Å². The van der Waals surface area contributed by atoms with Crippen LogP contribution in [-0.4, -0.2) is 4.98 Å². The summed E-state index contributed by atoms with van der Waals surface area (Å²) in [4.78, 5) is 4.49. The van der Waals surface area contributed by atoms with Crippen LogP contribution < -0.4 is 0 Å². The molecule has 0 N–H and O–H groups in total. The lowest BCUT2D eigenvalue weighted by atomic mass is 10.2. The molecule has 78 valence electrons. The van der Waals surface area contributed by atoms with Crippen LogP contribution in [0, 0.1) is 18.8 Å². The third-order valence-electron chi connectivity index (χ3n) is 2.69. The van der Waals surface area contributed by atoms with E-state index >= 15 is 0 Å². The van der Waals surface area contributed by atoms with Crippen molar-refractivity contribution in [3.05, 3.63) is 29.6 Å². The number of aryl methyl sites for hydroxylation is 1. The fourth-order valence-corrected chi connectivity index (χ4v) is 1.67. The summed E-state index contributed by atoms with van der Waals surface area (Å²) in [5.41, 5.74) is 2.41.